The van der Waals surface area contributed by atoms with Crippen molar-refractivity contribution in [2.75, 3.05) is 0 Å². The highest BCUT2D eigenvalue weighted by molar-refractivity contribution is 5.32. The number of hydrogen-bond acceptors (Lipinski definition) is 1. The van der Waals surface area contributed by atoms with Gasteiger partial charge in [-0.25, -0.2) is 13.2 Å². The van der Waals surface area contributed by atoms with Gasteiger partial charge in [-0.05, 0) is 72.9 Å². The molecule has 3 rings (SSSR count). The average Bonchev–Trinajstić information content (AvgIpc) is 2.62. The van der Waals surface area contributed by atoms with E-state index in [4.69, 9.17) is 4.74 Å². The van der Waals surface area contributed by atoms with Crippen molar-refractivity contribution in [3.63, 3.8) is 0 Å². The summed E-state index contributed by atoms with van der Waals surface area (Å²) in [6.07, 6.45) is 5.72. The first-order chi connectivity index (χ1) is 12.0. The van der Waals surface area contributed by atoms with Crippen molar-refractivity contribution >= 4 is 0 Å². The summed E-state index contributed by atoms with van der Waals surface area (Å²) in [6.45, 7) is 2.29. The SMILES string of the molecule is CCC1CCC(c2cc(F)cc(OCc3ccc(F)c(F)c3)c2)CC1. The summed E-state index contributed by atoms with van der Waals surface area (Å²) in [7, 11) is 0. The van der Waals surface area contributed by atoms with E-state index in [9.17, 15) is 13.2 Å². The lowest BCUT2D eigenvalue weighted by Gasteiger charge is -2.28. The van der Waals surface area contributed by atoms with Crippen LogP contribution >= 0.6 is 0 Å². The van der Waals surface area contributed by atoms with Gasteiger partial charge < -0.3 is 4.74 Å². The van der Waals surface area contributed by atoms with Crippen molar-refractivity contribution in [1.29, 1.82) is 0 Å². The van der Waals surface area contributed by atoms with E-state index in [1.807, 2.05) is 6.07 Å². The Kier molecular flexibility index (Phi) is 5.67. The average molecular weight is 348 g/mol. The number of hydrogen-bond donors (Lipinski definition) is 0. The highest BCUT2D eigenvalue weighted by Crippen LogP contribution is 2.38. The largest absolute Gasteiger partial charge is 0.489 e. The third kappa shape index (κ3) is 4.56. The highest BCUT2D eigenvalue weighted by Gasteiger charge is 2.22. The van der Waals surface area contributed by atoms with Gasteiger partial charge in [0.2, 0.25) is 0 Å². The maximum atomic E-state index is 14.0. The van der Waals surface area contributed by atoms with Gasteiger partial charge in [0, 0.05) is 6.07 Å². The monoisotopic (exact) mass is 348 g/mol. The molecule has 1 fully saturated rings. The number of halogens is 3. The first kappa shape index (κ1) is 17.8. The van der Waals surface area contributed by atoms with Crippen LogP contribution in [0.4, 0.5) is 13.2 Å². The molecule has 0 aliphatic heterocycles. The molecule has 1 aliphatic rings. The van der Waals surface area contributed by atoms with E-state index < -0.39 is 11.6 Å². The molecule has 134 valence electrons. The van der Waals surface area contributed by atoms with E-state index in [1.165, 1.54) is 31.4 Å². The van der Waals surface area contributed by atoms with Gasteiger partial charge >= 0.3 is 0 Å². The van der Waals surface area contributed by atoms with Crippen molar-refractivity contribution in [1.82, 2.24) is 0 Å². The maximum Gasteiger partial charge on any atom is 0.159 e. The molecule has 1 saturated carbocycles. The molecule has 0 N–H and O–H groups in total. The fourth-order valence-corrected chi connectivity index (χ4v) is 3.60. The van der Waals surface area contributed by atoms with Crippen molar-refractivity contribution in [3.8, 4) is 5.75 Å². The molecule has 0 amide bonds. The van der Waals surface area contributed by atoms with Crippen LogP contribution in [0.1, 0.15) is 56.1 Å². The van der Waals surface area contributed by atoms with Crippen LogP contribution in [0, 0.1) is 23.4 Å². The Morgan fingerprint density at radius 3 is 2.36 bits per heavy atom. The van der Waals surface area contributed by atoms with Gasteiger partial charge in [-0.3, -0.25) is 0 Å². The Labute approximate surface area is 146 Å². The lowest BCUT2D eigenvalue weighted by Crippen LogP contribution is -2.13. The Morgan fingerprint density at radius 2 is 1.68 bits per heavy atom. The van der Waals surface area contributed by atoms with Crippen LogP contribution in [0.15, 0.2) is 36.4 Å². The molecule has 0 atom stereocenters. The summed E-state index contributed by atoms with van der Waals surface area (Å²) in [5.41, 5.74) is 1.48. The van der Waals surface area contributed by atoms with Gasteiger partial charge in [-0.1, -0.05) is 19.4 Å². The molecule has 2 aromatic rings. The number of benzene rings is 2. The van der Waals surface area contributed by atoms with Crippen LogP contribution in [0.3, 0.4) is 0 Å². The molecular weight excluding hydrogens is 325 g/mol. The van der Waals surface area contributed by atoms with Crippen LogP contribution in [0.2, 0.25) is 0 Å². The van der Waals surface area contributed by atoms with Crippen LogP contribution in [0.5, 0.6) is 5.75 Å². The second kappa shape index (κ2) is 7.94. The van der Waals surface area contributed by atoms with Crippen LogP contribution in [-0.4, -0.2) is 0 Å². The Hall–Kier alpha value is -1.97. The predicted octanol–water partition coefficient (Wildman–Crippen LogP) is 6.37. The van der Waals surface area contributed by atoms with Crippen LogP contribution < -0.4 is 4.74 Å². The summed E-state index contributed by atoms with van der Waals surface area (Å²) in [6, 6.07) is 8.42. The van der Waals surface area contributed by atoms with Gasteiger partial charge in [0.15, 0.2) is 11.6 Å². The van der Waals surface area contributed by atoms with Crippen molar-refractivity contribution in [2.45, 2.75) is 51.6 Å². The first-order valence-corrected chi connectivity index (χ1v) is 8.92. The number of ether oxygens (including phenoxy) is 1. The normalized spacial score (nSPS) is 20.5. The first-order valence-electron chi connectivity index (χ1n) is 8.92. The van der Waals surface area contributed by atoms with E-state index in [1.54, 1.807) is 6.07 Å². The quantitative estimate of drug-likeness (QED) is 0.610. The lowest BCUT2D eigenvalue weighted by molar-refractivity contribution is 0.299. The summed E-state index contributed by atoms with van der Waals surface area (Å²) < 4.78 is 45.8. The third-order valence-corrected chi connectivity index (χ3v) is 5.18. The lowest BCUT2D eigenvalue weighted by atomic mass is 9.78. The minimum atomic E-state index is -0.909. The standard InChI is InChI=1S/C21H23F3O/c1-2-14-3-6-16(7-4-14)17-10-18(22)12-19(11-17)25-13-15-5-8-20(23)21(24)9-15/h5,8-12,14,16H,2-4,6-7,13H2,1H3. The van der Waals surface area contributed by atoms with Crippen LogP contribution in [0.25, 0.3) is 0 Å². The fraction of sp³-hybridized carbons (Fsp3) is 0.429. The zero-order chi connectivity index (χ0) is 17.8. The summed E-state index contributed by atoms with van der Waals surface area (Å²) in [4.78, 5) is 0. The molecule has 2 aromatic carbocycles. The van der Waals surface area contributed by atoms with Crippen LogP contribution in [-0.2, 0) is 6.61 Å². The van der Waals surface area contributed by atoms with Gasteiger partial charge in [0.1, 0.15) is 18.2 Å². The summed E-state index contributed by atoms with van der Waals surface area (Å²) in [5, 5.41) is 0. The molecule has 0 bridgehead atoms. The maximum absolute atomic E-state index is 14.0. The molecule has 0 radical (unpaired) electrons. The Balaban J connectivity index is 1.68. The fourth-order valence-electron chi connectivity index (χ4n) is 3.60. The topological polar surface area (TPSA) is 9.23 Å². The Morgan fingerprint density at radius 1 is 0.920 bits per heavy atom. The molecule has 25 heavy (non-hydrogen) atoms. The molecule has 0 aromatic heterocycles. The zero-order valence-electron chi connectivity index (χ0n) is 14.4. The molecule has 4 heteroatoms. The second-order valence-electron chi connectivity index (χ2n) is 6.88. The molecule has 0 unspecified atom stereocenters. The van der Waals surface area contributed by atoms with Gasteiger partial charge in [0.25, 0.3) is 0 Å². The smallest absolute Gasteiger partial charge is 0.159 e. The second-order valence-corrected chi connectivity index (χ2v) is 6.88. The third-order valence-electron chi connectivity index (χ3n) is 5.18. The Bertz CT molecular complexity index is 721. The molecule has 1 aliphatic carbocycles. The minimum Gasteiger partial charge on any atom is -0.489 e. The van der Waals surface area contributed by atoms with Crippen molar-refractivity contribution in [3.05, 3.63) is 65.0 Å². The van der Waals surface area contributed by atoms with Gasteiger partial charge in [-0.2, -0.15) is 0 Å². The highest BCUT2D eigenvalue weighted by atomic mass is 19.2. The molecule has 0 heterocycles. The van der Waals surface area contributed by atoms with E-state index in [2.05, 4.69) is 6.92 Å². The zero-order valence-corrected chi connectivity index (χ0v) is 14.4. The minimum absolute atomic E-state index is 0.0721. The van der Waals surface area contributed by atoms with E-state index in [0.717, 1.165) is 36.5 Å². The molecular formula is C21H23F3O. The van der Waals surface area contributed by atoms with E-state index in [-0.39, 0.29) is 12.4 Å². The van der Waals surface area contributed by atoms with E-state index in [0.29, 0.717) is 17.2 Å². The van der Waals surface area contributed by atoms with Gasteiger partial charge in [-0.15, -0.1) is 0 Å². The summed E-state index contributed by atoms with van der Waals surface area (Å²) >= 11 is 0. The van der Waals surface area contributed by atoms with Crippen molar-refractivity contribution in [2.24, 2.45) is 5.92 Å². The van der Waals surface area contributed by atoms with E-state index >= 15 is 0 Å². The molecule has 0 saturated heterocycles. The molecule has 1 nitrogen and oxygen atoms in total. The molecule has 0 spiro atoms. The summed E-state index contributed by atoms with van der Waals surface area (Å²) in [5.74, 6) is -0.543. The van der Waals surface area contributed by atoms with Crippen molar-refractivity contribution < 1.29 is 17.9 Å². The number of rotatable bonds is 5. The van der Waals surface area contributed by atoms with Gasteiger partial charge in [0.05, 0.1) is 0 Å². The predicted molar refractivity (Wildman–Crippen MR) is 92.1 cm³/mol.